The minimum Gasteiger partial charge on any atom is -0.487 e. The number of piperidine rings is 1. The molecule has 6 aliphatic rings. The average Bonchev–Trinajstić information content (AvgIpc) is 3.46. The summed E-state index contributed by atoms with van der Waals surface area (Å²) in [6.45, 7) is 18.2. The molecular formula is C62H89FN4O16. The van der Waals surface area contributed by atoms with Crippen LogP contribution in [0.5, 0.6) is 5.75 Å². The summed E-state index contributed by atoms with van der Waals surface area (Å²) in [7, 11) is 6.63. The van der Waals surface area contributed by atoms with Crippen LogP contribution in [0.4, 0.5) is 10.1 Å². The number of benzene rings is 1. The Labute approximate surface area is 486 Å². The Hall–Kier alpha value is -5.39. The van der Waals surface area contributed by atoms with Gasteiger partial charge in [0.1, 0.15) is 41.9 Å². The number of aromatic nitrogens is 1. The second-order valence-corrected chi connectivity index (χ2v) is 24.2. The van der Waals surface area contributed by atoms with Crippen molar-refractivity contribution >= 4 is 46.0 Å². The molecule has 4 N–H and O–H groups in total. The zero-order chi connectivity index (χ0) is 60.8. The van der Waals surface area contributed by atoms with Crippen LogP contribution >= 0.6 is 0 Å². The molecule has 1 aromatic carbocycles. The van der Waals surface area contributed by atoms with Gasteiger partial charge in [0.05, 0.1) is 47.5 Å². The number of carboxylic acid groups (broad SMARTS) is 1. The van der Waals surface area contributed by atoms with E-state index in [4.69, 9.17) is 28.4 Å². The average molecular weight is 1170 g/mol. The lowest BCUT2D eigenvalue weighted by atomic mass is 9.81. The molecule has 1 aromatic heterocycles. The zero-order valence-electron chi connectivity index (χ0n) is 50.1. The van der Waals surface area contributed by atoms with E-state index in [0.717, 1.165) is 24.7 Å². The van der Waals surface area contributed by atoms with Crippen molar-refractivity contribution in [3.63, 3.8) is 0 Å². The third-order valence-corrected chi connectivity index (χ3v) is 18.1. The number of aromatic carboxylic acids is 1. The van der Waals surface area contributed by atoms with Crippen molar-refractivity contribution in [3.05, 3.63) is 69.8 Å². The number of rotatable bonds is 9. The Morgan fingerprint density at radius 2 is 1.57 bits per heavy atom. The van der Waals surface area contributed by atoms with Crippen molar-refractivity contribution in [2.75, 3.05) is 72.6 Å². The van der Waals surface area contributed by atoms with Crippen molar-refractivity contribution in [2.45, 2.75) is 173 Å². The number of ketones is 2. The van der Waals surface area contributed by atoms with Crippen LogP contribution in [0.2, 0.25) is 0 Å². The first-order valence-corrected chi connectivity index (χ1v) is 29.5. The van der Waals surface area contributed by atoms with Crippen molar-refractivity contribution in [3.8, 4) is 5.75 Å². The summed E-state index contributed by atoms with van der Waals surface area (Å²) in [6, 6.07) is -0.149. The zero-order valence-corrected chi connectivity index (χ0v) is 50.1. The number of ether oxygens (including phenoxy) is 6. The van der Waals surface area contributed by atoms with Gasteiger partial charge in [-0.15, -0.1) is 6.58 Å². The molecule has 20 nitrogen and oxygen atoms in total. The number of amides is 1. The van der Waals surface area contributed by atoms with Gasteiger partial charge in [-0.2, -0.15) is 0 Å². The van der Waals surface area contributed by atoms with E-state index < -0.39 is 101 Å². The molecule has 1 amide bonds. The normalized spacial score (nSPS) is 34.5. The van der Waals surface area contributed by atoms with Gasteiger partial charge in [0, 0.05) is 84.4 Å². The number of nitrogens with zero attached hydrogens (tertiary/aromatic N) is 4. The first-order valence-electron chi connectivity index (χ1n) is 29.5. The highest BCUT2D eigenvalue weighted by atomic mass is 19.1. The van der Waals surface area contributed by atoms with E-state index in [1.54, 1.807) is 31.6 Å². The van der Waals surface area contributed by atoms with Gasteiger partial charge >= 0.3 is 11.9 Å². The van der Waals surface area contributed by atoms with Crippen LogP contribution in [0.3, 0.4) is 0 Å². The van der Waals surface area contributed by atoms with Gasteiger partial charge in [-0.05, 0) is 116 Å². The number of carboxylic acids is 1. The summed E-state index contributed by atoms with van der Waals surface area (Å²) in [5.74, 6) is -9.30. The minimum atomic E-state index is -2.51. The number of cyclic esters (lactones) is 1. The van der Waals surface area contributed by atoms with Gasteiger partial charge in [0.15, 0.2) is 11.6 Å². The second kappa shape index (κ2) is 28.2. The smallest absolute Gasteiger partial charge is 0.341 e. The summed E-state index contributed by atoms with van der Waals surface area (Å²) in [5, 5.41) is 43.5. The van der Waals surface area contributed by atoms with Crippen molar-refractivity contribution < 1.29 is 77.2 Å². The summed E-state index contributed by atoms with van der Waals surface area (Å²) < 4.78 is 52.3. The molecule has 21 heteroatoms. The monoisotopic (exact) mass is 1160 g/mol. The molecule has 4 fully saturated rings. The van der Waals surface area contributed by atoms with Gasteiger partial charge in [-0.3, -0.25) is 19.2 Å². The van der Waals surface area contributed by atoms with E-state index in [0.29, 0.717) is 87.0 Å². The quantitative estimate of drug-likeness (QED) is 0.124. The summed E-state index contributed by atoms with van der Waals surface area (Å²) in [6.07, 6.45) is 6.27. The van der Waals surface area contributed by atoms with E-state index in [1.165, 1.54) is 25.3 Å². The predicted molar refractivity (Wildman–Crippen MR) is 308 cm³/mol. The van der Waals surface area contributed by atoms with Crippen LogP contribution in [0.25, 0.3) is 10.9 Å². The number of anilines is 1. The number of pyridine rings is 1. The molecule has 83 heavy (non-hydrogen) atoms. The van der Waals surface area contributed by atoms with Crippen molar-refractivity contribution in [2.24, 2.45) is 29.6 Å². The largest absolute Gasteiger partial charge is 0.487 e. The highest BCUT2D eigenvalue weighted by Crippen LogP contribution is 2.43. The number of hydrogen-bond acceptors (Lipinski definition) is 17. The molecule has 0 spiro atoms. The van der Waals surface area contributed by atoms with Crippen molar-refractivity contribution in [1.29, 1.82) is 0 Å². The minimum absolute atomic E-state index is 0.00988. The number of fused-ring (bicyclic) bond motifs is 3. The van der Waals surface area contributed by atoms with Crippen LogP contribution in [-0.4, -0.2) is 186 Å². The molecule has 15 atom stereocenters. The molecule has 2 aromatic rings. The molecule has 6 heterocycles. The Morgan fingerprint density at radius 1 is 0.892 bits per heavy atom. The Kier molecular flexibility index (Phi) is 22.1. The van der Waals surface area contributed by atoms with Gasteiger partial charge in [0.25, 0.3) is 11.7 Å². The maximum Gasteiger partial charge on any atom is 0.341 e. The Morgan fingerprint density at radius 3 is 2.22 bits per heavy atom. The predicted octanol–water partition coefficient (Wildman–Crippen LogP) is 6.18. The number of hydrogen-bond donors (Lipinski definition) is 4. The van der Waals surface area contributed by atoms with Gasteiger partial charge in [0.2, 0.25) is 11.2 Å². The molecular weight excluding hydrogens is 1080 g/mol. The fourth-order valence-electron chi connectivity index (χ4n) is 13.1. The molecule has 0 radical (unpaired) electrons. The number of halogens is 1. The van der Waals surface area contributed by atoms with E-state index in [1.807, 2.05) is 51.8 Å². The number of likely N-dealkylation sites (N-methyl/N-ethyl adjacent to an activating group) is 1. The maximum absolute atomic E-state index is 15.0. The first kappa shape index (κ1) is 65.2. The topological polar surface area (TPSA) is 253 Å². The third-order valence-electron chi connectivity index (χ3n) is 18.1. The highest BCUT2D eigenvalue weighted by Gasteiger charge is 2.57. The van der Waals surface area contributed by atoms with Crippen LogP contribution in [0.1, 0.15) is 129 Å². The van der Waals surface area contributed by atoms with Crippen LogP contribution < -0.4 is 15.1 Å². The van der Waals surface area contributed by atoms with E-state index in [2.05, 4.69) is 11.5 Å². The molecule has 2 bridgehead atoms. The van der Waals surface area contributed by atoms with E-state index in [-0.39, 0.29) is 73.1 Å². The molecule has 8 rings (SSSR count). The number of esters is 1. The van der Waals surface area contributed by atoms with Crippen LogP contribution in [0.15, 0.2) is 53.0 Å². The lowest BCUT2D eigenvalue weighted by Gasteiger charge is -2.47. The fraction of sp³-hybridized carbons (Fsp3) is 0.677. The fourth-order valence-corrected chi connectivity index (χ4v) is 13.1. The molecule has 1 saturated carbocycles. The molecule has 460 valence electrons. The number of aliphatic hydroxyl groups excluding tert-OH is 2. The Bertz CT molecular complexity index is 2810. The maximum atomic E-state index is 15.0. The number of piperazine rings is 1. The molecule has 1 aliphatic carbocycles. The SMILES string of the molecule is C=CC[C@@H]1/C=C(\C)C[C@H](C)C[C@H](OC)[C@H]2O[C@@](O)(C(=O)C(=O)N3CCCC[C@H]3C(=O)O[C@H](/C(C)=C/[C@@H]3CC[C@@H](O)[C@H](OC)C3)[C@H](C)[C@@H](O)CC1=O)[C@H](C)C[C@@H]2OC.CC1COc2c(N3CCN(C)CC3)c(F)cc3c(=O)c(C(=O)O)cn1c23. The summed E-state index contributed by atoms with van der Waals surface area (Å²) in [4.78, 5) is 85.9. The summed E-state index contributed by atoms with van der Waals surface area (Å²) >= 11 is 0. The first-order chi connectivity index (χ1) is 39.4. The molecule has 5 aliphatic heterocycles. The Balaban J connectivity index is 0.000000313. The molecule has 3 saturated heterocycles. The highest BCUT2D eigenvalue weighted by molar-refractivity contribution is 6.39. The number of Topliss-reactive ketones (excluding diaryl/α,β-unsaturated/α-hetero) is 2. The second-order valence-electron chi connectivity index (χ2n) is 24.2. The van der Waals surface area contributed by atoms with E-state index in [9.17, 15) is 53.6 Å². The number of carbonyl (C=O) groups is 5. The van der Waals surface area contributed by atoms with E-state index >= 15 is 0 Å². The van der Waals surface area contributed by atoms with Gasteiger partial charge < -0.3 is 68.1 Å². The van der Waals surface area contributed by atoms with Crippen molar-refractivity contribution in [1.82, 2.24) is 14.4 Å². The number of aliphatic hydroxyl groups is 3. The van der Waals surface area contributed by atoms with Gasteiger partial charge in [-0.1, -0.05) is 44.6 Å². The number of allylic oxidation sites excluding steroid dienone is 4. The van der Waals surface area contributed by atoms with Gasteiger partial charge in [-0.25, -0.2) is 14.0 Å². The lowest BCUT2D eigenvalue weighted by molar-refractivity contribution is -0.302. The standard InChI is InChI=1S/C44H69NO12.C18H20FN3O4/c1-10-13-31-19-25(2)18-26(3)20-37(54-8)40-38(55-9)22-28(5)44(52,57-40)41(49)42(50)45-17-12-11-14-32(45)43(51)56-39(29(6)34(47)24-35(31)48)27(4)21-30-15-16-33(46)36(23-30)53-7;1-10-9-26-17-14-11(16(23)12(18(24)25)8-22(10)14)7-13(19)15(17)21-5-3-20(2)4-6-21/h10,19,21,26,28-34,36-40,46-47,52H,1,11-18,20,22-24H2,2-9H3;7-8,10H,3-6,9H2,1-2H3,(H,24,25)/b25-19+,27-21+;/t26-,28+,29+,30-,31+,32-,33+,34-,36+,37-,38-,39+,40+,44+;/m0./s1. The number of methoxy groups -OCH3 is 3. The lowest BCUT2D eigenvalue weighted by Crippen LogP contribution is -2.64. The molecule has 1 unspecified atom stereocenters. The van der Waals surface area contributed by atoms with Crippen LogP contribution in [-0.2, 0) is 42.9 Å². The third kappa shape index (κ3) is 14.5. The number of carbonyl (C=O) groups excluding carboxylic acids is 4. The van der Waals surface area contributed by atoms with Crippen LogP contribution in [0, 0.1) is 35.4 Å². The summed E-state index contributed by atoms with van der Waals surface area (Å²) in [5.41, 5.74) is 1.39.